The molecule has 0 N–H and O–H groups in total. The average Bonchev–Trinajstić information content (AvgIpc) is 2.90. The lowest BCUT2D eigenvalue weighted by Gasteiger charge is -2.38. The monoisotopic (exact) mass is 511 g/mol. The maximum absolute atomic E-state index is 13.7. The minimum Gasteiger partial charge on any atom is -0.366 e. The van der Waals surface area contributed by atoms with E-state index in [4.69, 9.17) is 0 Å². The van der Waals surface area contributed by atoms with Gasteiger partial charge >= 0.3 is 0 Å². The molecule has 10 heteroatoms. The summed E-state index contributed by atoms with van der Waals surface area (Å²) >= 11 is 0. The number of hydrogen-bond acceptors (Lipinski definition) is 6. The smallest absolute Gasteiger partial charge is 0.297 e. The number of halogens is 1. The van der Waals surface area contributed by atoms with Crippen molar-refractivity contribution in [3.63, 3.8) is 0 Å². The molecule has 5 rings (SSSR count). The first kappa shape index (κ1) is 24.5. The molecule has 2 saturated heterocycles. The molecule has 2 aromatic carbocycles. The van der Waals surface area contributed by atoms with E-state index in [9.17, 15) is 17.6 Å². The summed E-state index contributed by atoms with van der Waals surface area (Å²) in [4.78, 5) is 17.8. The summed E-state index contributed by atoms with van der Waals surface area (Å²) in [6, 6.07) is 14.9. The van der Waals surface area contributed by atoms with Crippen molar-refractivity contribution in [1.29, 1.82) is 0 Å². The second-order valence-corrected chi connectivity index (χ2v) is 11.2. The van der Waals surface area contributed by atoms with Gasteiger partial charge in [-0.1, -0.05) is 30.3 Å². The molecular formula is C26H30FN5O3S. The van der Waals surface area contributed by atoms with Crippen LogP contribution in [0.15, 0.2) is 65.6 Å². The van der Waals surface area contributed by atoms with Crippen LogP contribution in [-0.4, -0.2) is 61.8 Å². The minimum absolute atomic E-state index is 0.0257. The highest BCUT2D eigenvalue weighted by atomic mass is 32.2. The number of anilines is 2. The van der Waals surface area contributed by atoms with E-state index in [0.717, 1.165) is 43.6 Å². The largest absolute Gasteiger partial charge is 0.366 e. The third-order valence-electron chi connectivity index (χ3n) is 6.84. The van der Waals surface area contributed by atoms with E-state index in [-0.39, 0.29) is 17.1 Å². The van der Waals surface area contributed by atoms with E-state index in [1.54, 1.807) is 18.3 Å². The number of benzene rings is 2. The van der Waals surface area contributed by atoms with E-state index >= 15 is 0 Å². The van der Waals surface area contributed by atoms with Crippen LogP contribution in [0.25, 0.3) is 5.69 Å². The number of piperidine rings is 1. The molecule has 3 aromatic rings. The topological polar surface area (TPSA) is 78.8 Å². The molecule has 0 saturated carbocycles. The lowest BCUT2D eigenvalue weighted by molar-refractivity contribution is 0.384. The normalized spacial score (nSPS) is 17.4. The summed E-state index contributed by atoms with van der Waals surface area (Å²) in [6.45, 7) is 3.18. The molecule has 8 nitrogen and oxygen atoms in total. The van der Waals surface area contributed by atoms with Gasteiger partial charge in [0.25, 0.3) is 5.56 Å². The van der Waals surface area contributed by atoms with Crippen molar-refractivity contribution in [3.05, 3.63) is 82.5 Å². The average molecular weight is 512 g/mol. The predicted octanol–water partition coefficient (Wildman–Crippen LogP) is 3.01. The zero-order chi connectivity index (χ0) is 25.1. The van der Waals surface area contributed by atoms with E-state index < -0.39 is 10.0 Å². The predicted molar refractivity (Wildman–Crippen MR) is 139 cm³/mol. The first-order valence-electron chi connectivity index (χ1n) is 12.3. The third-order valence-corrected chi connectivity index (χ3v) is 8.69. The highest BCUT2D eigenvalue weighted by Crippen LogP contribution is 2.29. The van der Waals surface area contributed by atoms with Crippen molar-refractivity contribution in [2.75, 3.05) is 49.1 Å². The van der Waals surface area contributed by atoms with Crippen molar-refractivity contribution in [3.8, 4) is 5.69 Å². The van der Waals surface area contributed by atoms with Gasteiger partial charge in [0.2, 0.25) is 10.0 Å². The second kappa shape index (κ2) is 10.4. The Labute approximate surface area is 210 Å². The molecule has 2 aliphatic rings. The molecule has 0 atom stereocenters. The van der Waals surface area contributed by atoms with Crippen LogP contribution in [0.3, 0.4) is 0 Å². The zero-order valence-corrected chi connectivity index (χ0v) is 20.9. The molecule has 36 heavy (non-hydrogen) atoms. The highest BCUT2D eigenvalue weighted by molar-refractivity contribution is 7.88. The van der Waals surface area contributed by atoms with Gasteiger partial charge in [0.15, 0.2) is 0 Å². The molecule has 0 amide bonds. The molecule has 190 valence electrons. The fraction of sp³-hybridized carbons (Fsp3) is 0.385. The number of hydrogen-bond donors (Lipinski definition) is 0. The summed E-state index contributed by atoms with van der Waals surface area (Å²) in [7, 11) is -3.44. The van der Waals surface area contributed by atoms with Gasteiger partial charge in [0.05, 0.1) is 23.3 Å². The summed E-state index contributed by atoms with van der Waals surface area (Å²) < 4.78 is 42.3. The SMILES string of the molecule is O=c1c(N2CCCCC2)c(N2CCN(S(=O)(=O)Cc3ccccc3)CC2)cnn1-c1ccc(F)cc1. The standard InChI is InChI=1S/C26H30FN5O3S/c27-22-9-11-23(12-10-22)32-26(33)25(30-13-5-2-6-14-30)24(19-28-32)29-15-17-31(18-16-29)36(34,35)20-21-7-3-1-4-8-21/h1,3-4,7-12,19H,2,5-6,13-18,20H2. The Morgan fingerprint density at radius 3 is 2.14 bits per heavy atom. The van der Waals surface area contributed by atoms with Gasteiger partial charge < -0.3 is 9.80 Å². The Morgan fingerprint density at radius 1 is 0.806 bits per heavy atom. The van der Waals surface area contributed by atoms with E-state index in [2.05, 4.69) is 14.9 Å². The second-order valence-electron chi connectivity index (χ2n) is 9.25. The molecular weight excluding hydrogens is 481 g/mol. The lowest BCUT2D eigenvalue weighted by atomic mass is 10.1. The van der Waals surface area contributed by atoms with Gasteiger partial charge in [-0.15, -0.1) is 0 Å². The first-order valence-corrected chi connectivity index (χ1v) is 13.9. The van der Waals surface area contributed by atoms with Crippen molar-refractivity contribution < 1.29 is 12.8 Å². The van der Waals surface area contributed by atoms with Gasteiger partial charge in [-0.3, -0.25) is 4.79 Å². The van der Waals surface area contributed by atoms with Crippen molar-refractivity contribution in [1.82, 2.24) is 14.1 Å². The Hall–Kier alpha value is -3.24. The Kier molecular flexibility index (Phi) is 7.06. The minimum atomic E-state index is -3.44. The van der Waals surface area contributed by atoms with Crippen molar-refractivity contribution >= 4 is 21.4 Å². The highest BCUT2D eigenvalue weighted by Gasteiger charge is 2.30. The Bertz CT molecular complexity index is 1350. The van der Waals surface area contributed by atoms with Gasteiger partial charge in [-0.25, -0.2) is 12.8 Å². The van der Waals surface area contributed by atoms with Gasteiger partial charge in [-0.2, -0.15) is 14.1 Å². The fourth-order valence-electron chi connectivity index (χ4n) is 4.93. The number of nitrogens with zero attached hydrogens (tertiary/aromatic N) is 5. The van der Waals surface area contributed by atoms with Gasteiger partial charge in [-0.05, 0) is 49.1 Å². The lowest BCUT2D eigenvalue weighted by Crippen LogP contribution is -2.50. The van der Waals surface area contributed by atoms with E-state index in [0.29, 0.717) is 37.6 Å². The third kappa shape index (κ3) is 5.15. The summed E-state index contributed by atoms with van der Waals surface area (Å²) in [5.41, 5.74) is 2.32. The Morgan fingerprint density at radius 2 is 1.47 bits per heavy atom. The van der Waals surface area contributed by atoms with Crippen molar-refractivity contribution in [2.24, 2.45) is 0 Å². The van der Waals surface area contributed by atoms with E-state index in [1.807, 2.05) is 30.3 Å². The van der Waals surface area contributed by atoms with Crippen LogP contribution in [0.4, 0.5) is 15.8 Å². The number of sulfonamides is 1. The summed E-state index contributed by atoms with van der Waals surface area (Å²) in [5.74, 6) is -0.401. The van der Waals surface area contributed by atoms with Crippen LogP contribution in [0.1, 0.15) is 24.8 Å². The molecule has 3 heterocycles. The van der Waals surface area contributed by atoms with Crippen LogP contribution >= 0.6 is 0 Å². The molecule has 0 aliphatic carbocycles. The maximum atomic E-state index is 13.7. The molecule has 0 bridgehead atoms. The summed E-state index contributed by atoms with van der Waals surface area (Å²) in [5, 5.41) is 4.41. The molecule has 0 radical (unpaired) electrons. The number of aromatic nitrogens is 2. The fourth-order valence-corrected chi connectivity index (χ4v) is 6.45. The van der Waals surface area contributed by atoms with Crippen LogP contribution in [0.5, 0.6) is 0 Å². The quantitative estimate of drug-likeness (QED) is 0.506. The van der Waals surface area contributed by atoms with Crippen LogP contribution in [0, 0.1) is 5.82 Å². The molecule has 2 aliphatic heterocycles. The Balaban J connectivity index is 1.40. The molecule has 1 aromatic heterocycles. The number of piperazine rings is 1. The van der Waals surface area contributed by atoms with Gasteiger partial charge in [0, 0.05) is 39.3 Å². The number of rotatable bonds is 6. The maximum Gasteiger partial charge on any atom is 0.297 e. The van der Waals surface area contributed by atoms with Crippen LogP contribution < -0.4 is 15.4 Å². The molecule has 2 fully saturated rings. The van der Waals surface area contributed by atoms with E-state index in [1.165, 1.54) is 21.1 Å². The van der Waals surface area contributed by atoms with Gasteiger partial charge in [0.1, 0.15) is 11.5 Å². The van der Waals surface area contributed by atoms with Crippen LogP contribution in [-0.2, 0) is 15.8 Å². The molecule has 0 spiro atoms. The zero-order valence-electron chi connectivity index (χ0n) is 20.1. The summed E-state index contributed by atoms with van der Waals surface area (Å²) in [6.07, 6.45) is 4.82. The molecule has 0 unspecified atom stereocenters. The van der Waals surface area contributed by atoms with Crippen molar-refractivity contribution in [2.45, 2.75) is 25.0 Å². The van der Waals surface area contributed by atoms with Crippen LogP contribution in [0.2, 0.25) is 0 Å². The first-order chi connectivity index (χ1) is 17.4.